The molecule has 0 spiro atoms. The average molecular weight is 207 g/mol. The zero-order chi connectivity index (χ0) is 11.3. The molecule has 0 aliphatic rings. The van der Waals surface area contributed by atoms with Crippen molar-refractivity contribution in [2.75, 3.05) is 6.61 Å². The summed E-state index contributed by atoms with van der Waals surface area (Å²) in [5, 5.41) is 0. The Morgan fingerprint density at radius 3 is 2.53 bits per heavy atom. The minimum Gasteiger partial charge on any atom is -0.372 e. The third-order valence-corrected chi connectivity index (χ3v) is 2.47. The lowest BCUT2D eigenvalue weighted by atomic mass is 9.99. The lowest BCUT2D eigenvalue weighted by Crippen LogP contribution is -2.27. The van der Waals surface area contributed by atoms with E-state index in [2.05, 4.69) is 26.0 Å². The summed E-state index contributed by atoms with van der Waals surface area (Å²) in [6.07, 6.45) is 1.04. The zero-order valence-corrected chi connectivity index (χ0v) is 9.86. The SMILES string of the molecule is CCCOC(c1ccccc1C)C(C)N. The maximum absolute atomic E-state index is 5.95. The Morgan fingerprint density at radius 1 is 1.33 bits per heavy atom. The second-order valence-corrected chi connectivity index (χ2v) is 4.01. The van der Waals surface area contributed by atoms with Gasteiger partial charge >= 0.3 is 0 Å². The first-order chi connectivity index (χ1) is 7.16. The number of nitrogens with two attached hydrogens (primary N) is 1. The molecule has 0 aromatic heterocycles. The largest absolute Gasteiger partial charge is 0.372 e. The van der Waals surface area contributed by atoms with Crippen molar-refractivity contribution in [1.82, 2.24) is 0 Å². The highest BCUT2D eigenvalue weighted by Crippen LogP contribution is 2.23. The molecule has 2 nitrogen and oxygen atoms in total. The maximum Gasteiger partial charge on any atom is 0.0975 e. The molecular weight excluding hydrogens is 186 g/mol. The minimum atomic E-state index is 0.0196. The quantitative estimate of drug-likeness (QED) is 0.805. The second kappa shape index (κ2) is 5.89. The Morgan fingerprint density at radius 2 is 2.00 bits per heavy atom. The molecule has 2 atom stereocenters. The fraction of sp³-hybridized carbons (Fsp3) is 0.538. The topological polar surface area (TPSA) is 35.2 Å². The first kappa shape index (κ1) is 12.2. The van der Waals surface area contributed by atoms with Crippen molar-refractivity contribution >= 4 is 0 Å². The molecule has 0 bridgehead atoms. The van der Waals surface area contributed by atoms with Crippen molar-refractivity contribution in [3.63, 3.8) is 0 Å². The fourth-order valence-electron chi connectivity index (χ4n) is 1.68. The minimum absolute atomic E-state index is 0.0196. The Hall–Kier alpha value is -0.860. The van der Waals surface area contributed by atoms with Gasteiger partial charge in [-0.2, -0.15) is 0 Å². The maximum atomic E-state index is 5.95. The Bertz CT molecular complexity index is 296. The van der Waals surface area contributed by atoms with Crippen LogP contribution in [0, 0.1) is 6.92 Å². The molecule has 1 rings (SSSR count). The van der Waals surface area contributed by atoms with Crippen LogP contribution in [0.2, 0.25) is 0 Å². The molecule has 2 N–H and O–H groups in total. The van der Waals surface area contributed by atoms with Gasteiger partial charge in [0.15, 0.2) is 0 Å². The van der Waals surface area contributed by atoms with Gasteiger partial charge in [0.05, 0.1) is 6.10 Å². The molecular formula is C13H21NO. The molecule has 0 aliphatic carbocycles. The van der Waals surface area contributed by atoms with E-state index < -0.39 is 0 Å². The molecule has 1 aromatic carbocycles. The first-order valence-corrected chi connectivity index (χ1v) is 5.59. The molecule has 84 valence electrons. The summed E-state index contributed by atoms with van der Waals surface area (Å²) in [5.41, 5.74) is 8.41. The number of hydrogen-bond acceptors (Lipinski definition) is 2. The average Bonchev–Trinajstić information content (AvgIpc) is 2.20. The smallest absolute Gasteiger partial charge is 0.0975 e. The summed E-state index contributed by atoms with van der Waals surface area (Å²) in [5.74, 6) is 0. The second-order valence-electron chi connectivity index (χ2n) is 4.01. The Labute approximate surface area is 92.4 Å². The van der Waals surface area contributed by atoms with Gasteiger partial charge in [-0.3, -0.25) is 0 Å². The molecule has 1 aromatic rings. The van der Waals surface area contributed by atoms with Crippen molar-refractivity contribution in [1.29, 1.82) is 0 Å². The summed E-state index contributed by atoms with van der Waals surface area (Å²) in [6, 6.07) is 8.29. The van der Waals surface area contributed by atoms with Gasteiger partial charge in [-0.25, -0.2) is 0 Å². The van der Waals surface area contributed by atoms with Crippen LogP contribution in [0.3, 0.4) is 0 Å². The van der Waals surface area contributed by atoms with Gasteiger partial charge in [0.25, 0.3) is 0 Å². The van der Waals surface area contributed by atoms with Gasteiger partial charge in [-0.1, -0.05) is 31.2 Å². The van der Waals surface area contributed by atoms with Crippen LogP contribution >= 0.6 is 0 Å². The van der Waals surface area contributed by atoms with Crippen molar-refractivity contribution in [3.05, 3.63) is 35.4 Å². The van der Waals surface area contributed by atoms with Gasteiger partial charge in [0.2, 0.25) is 0 Å². The number of hydrogen-bond donors (Lipinski definition) is 1. The molecule has 0 radical (unpaired) electrons. The van der Waals surface area contributed by atoms with Gasteiger partial charge in [0.1, 0.15) is 0 Å². The van der Waals surface area contributed by atoms with Crippen LogP contribution in [-0.4, -0.2) is 12.6 Å². The molecule has 0 saturated carbocycles. The van der Waals surface area contributed by atoms with Crippen LogP contribution in [0.4, 0.5) is 0 Å². The molecule has 2 unspecified atom stereocenters. The van der Waals surface area contributed by atoms with E-state index in [0.29, 0.717) is 0 Å². The number of aryl methyl sites for hydroxylation is 1. The summed E-state index contributed by atoms with van der Waals surface area (Å²) < 4.78 is 5.79. The van der Waals surface area contributed by atoms with Gasteiger partial charge < -0.3 is 10.5 Å². The van der Waals surface area contributed by atoms with Crippen LogP contribution in [0.15, 0.2) is 24.3 Å². The molecule has 0 amide bonds. The van der Waals surface area contributed by atoms with Gasteiger partial charge in [-0.05, 0) is 31.4 Å². The van der Waals surface area contributed by atoms with E-state index in [4.69, 9.17) is 10.5 Å². The van der Waals surface area contributed by atoms with Crippen LogP contribution < -0.4 is 5.73 Å². The highest BCUT2D eigenvalue weighted by molar-refractivity contribution is 5.28. The number of benzene rings is 1. The van der Waals surface area contributed by atoms with Crippen molar-refractivity contribution < 1.29 is 4.74 Å². The van der Waals surface area contributed by atoms with Crippen LogP contribution in [0.25, 0.3) is 0 Å². The van der Waals surface area contributed by atoms with E-state index in [1.54, 1.807) is 0 Å². The predicted octanol–water partition coefficient (Wildman–Crippen LogP) is 2.81. The molecule has 0 aliphatic heterocycles. The van der Waals surface area contributed by atoms with E-state index in [1.165, 1.54) is 11.1 Å². The summed E-state index contributed by atoms with van der Waals surface area (Å²) >= 11 is 0. The third kappa shape index (κ3) is 3.33. The fourth-order valence-corrected chi connectivity index (χ4v) is 1.68. The molecule has 0 fully saturated rings. The van der Waals surface area contributed by atoms with E-state index in [0.717, 1.165) is 13.0 Å². The standard InChI is InChI=1S/C13H21NO/c1-4-9-15-13(11(3)14)12-8-6-5-7-10(12)2/h5-8,11,13H,4,9,14H2,1-3H3. The molecule has 15 heavy (non-hydrogen) atoms. The molecule has 0 heterocycles. The normalized spacial score (nSPS) is 14.9. The predicted molar refractivity (Wildman–Crippen MR) is 63.8 cm³/mol. The van der Waals surface area contributed by atoms with Crippen LogP contribution in [0.1, 0.15) is 37.5 Å². The van der Waals surface area contributed by atoms with Crippen LogP contribution in [-0.2, 0) is 4.74 Å². The van der Waals surface area contributed by atoms with Gasteiger partial charge in [0, 0.05) is 12.6 Å². The highest BCUT2D eigenvalue weighted by atomic mass is 16.5. The first-order valence-electron chi connectivity index (χ1n) is 5.59. The lowest BCUT2D eigenvalue weighted by Gasteiger charge is -2.23. The Kier molecular flexibility index (Phi) is 4.79. The van der Waals surface area contributed by atoms with Crippen molar-refractivity contribution in [3.8, 4) is 0 Å². The zero-order valence-electron chi connectivity index (χ0n) is 9.86. The van der Waals surface area contributed by atoms with Crippen molar-refractivity contribution in [2.45, 2.75) is 39.3 Å². The molecule has 2 heteroatoms. The van der Waals surface area contributed by atoms with E-state index in [-0.39, 0.29) is 12.1 Å². The number of rotatable bonds is 5. The van der Waals surface area contributed by atoms with Crippen LogP contribution in [0.5, 0.6) is 0 Å². The molecule has 0 saturated heterocycles. The van der Waals surface area contributed by atoms with Crippen molar-refractivity contribution in [2.24, 2.45) is 5.73 Å². The summed E-state index contributed by atoms with van der Waals surface area (Å²) in [6.45, 7) is 6.96. The lowest BCUT2D eigenvalue weighted by molar-refractivity contribution is 0.0383. The van der Waals surface area contributed by atoms with E-state index >= 15 is 0 Å². The summed E-state index contributed by atoms with van der Waals surface area (Å²) in [4.78, 5) is 0. The van der Waals surface area contributed by atoms with E-state index in [9.17, 15) is 0 Å². The number of ether oxygens (including phenoxy) is 1. The highest BCUT2D eigenvalue weighted by Gasteiger charge is 2.17. The Balaban J connectivity index is 2.84. The van der Waals surface area contributed by atoms with Gasteiger partial charge in [-0.15, -0.1) is 0 Å². The third-order valence-electron chi connectivity index (χ3n) is 2.47. The monoisotopic (exact) mass is 207 g/mol. The van der Waals surface area contributed by atoms with E-state index in [1.807, 2.05) is 19.1 Å². The summed E-state index contributed by atoms with van der Waals surface area (Å²) in [7, 11) is 0.